The molecule has 0 aliphatic carbocycles. The quantitative estimate of drug-likeness (QED) is 0.495. The van der Waals surface area contributed by atoms with Gasteiger partial charge >= 0.3 is 12.1 Å². The average molecular weight is 578 g/mol. The molecule has 0 aromatic heterocycles. The summed E-state index contributed by atoms with van der Waals surface area (Å²) in [4.78, 5) is 56.5. The van der Waals surface area contributed by atoms with Crippen molar-refractivity contribution >= 4 is 41.2 Å². The van der Waals surface area contributed by atoms with Gasteiger partial charge in [-0.1, -0.05) is 11.6 Å². The van der Waals surface area contributed by atoms with Crippen molar-refractivity contribution in [2.45, 2.75) is 58.2 Å². The summed E-state index contributed by atoms with van der Waals surface area (Å²) in [6.07, 6.45) is 2.48. The molecule has 0 radical (unpaired) electrons. The van der Waals surface area contributed by atoms with Crippen LogP contribution in [0.4, 0.5) is 15.3 Å². The number of carbonyl (C=O) groups is 4. The number of piperidine rings is 1. The molecule has 11 nitrogen and oxygen atoms in total. The molecule has 0 spiro atoms. The Labute approximate surface area is 240 Å². The number of benzene rings is 1. The molecule has 1 aromatic rings. The molecule has 4 rings (SSSR count). The van der Waals surface area contributed by atoms with Gasteiger partial charge in [0.15, 0.2) is 0 Å². The second-order valence-corrected chi connectivity index (χ2v) is 11.9. The predicted octanol–water partition coefficient (Wildman–Crippen LogP) is 3.35. The smallest absolute Gasteiger partial charge is 0.410 e. The van der Waals surface area contributed by atoms with Gasteiger partial charge in [-0.25, -0.2) is 9.59 Å². The van der Waals surface area contributed by atoms with E-state index in [-0.39, 0.29) is 37.0 Å². The van der Waals surface area contributed by atoms with E-state index >= 15 is 0 Å². The van der Waals surface area contributed by atoms with Crippen LogP contribution in [0.3, 0.4) is 0 Å². The number of likely N-dealkylation sites (tertiary alicyclic amines) is 1. The maximum Gasteiger partial charge on any atom is 0.410 e. The van der Waals surface area contributed by atoms with Crippen LogP contribution < -0.4 is 10.2 Å². The maximum atomic E-state index is 13.2. The zero-order valence-corrected chi connectivity index (χ0v) is 24.4. The summed E-state index contributed by atoms with van der Waals surface area (Å²) < 4.78 is 11.6. The molecule has 3 heterocycles. The number of imide groups is 1. The minimum Gasteiger partial charge on any atom is -0.444 e. The van der Waals surface area contributed by atoms with Gasteiger partial charge in [0.05, 0.1) is 16.8 Å². The summed E-state index contributed by atoms with van der Waals surface area (Å²) in [5.41, 5.74) is 0.391. The highest BCUT2D eigenvalue weighted by Gasteiger charge is 2.29. The highest BCUT2D eigenvalue weighted by atomic mass is 35.5. The maximum absolute atomic E-state index is 13.2. The van der Waals surface area contributed by atoms with Crippen LogP contribution >= 0.6 is 11.6 Å². The van der Waals surface area contributed by atoms with Crippen LogP contribution in [0.1, 0.15) is 56.8 Å². The van der Waals surface area contributed by atoms with E-state index in [1.165, 1.54) is 4.90 Å². The first-order valence-corrected chi connectivity index (χ1v) is 14.4. The van der Waals surface area contributed by atoms with Crippen LogP contribution in [-0.2, 0) is 14.3 Å². The fourth-order valence-corrected chi connectivity index (χ4v) is 5.29. The van der Waals surface area contributed by atoms with E-state index in [1.807, 2.05) is 20.8 Å². The lowest BCUT2D eigenvalue weighted by molar-refractivity contribution is -0.120. The molecule has 3 aliphatic rings. The van der Waals surface area contributed by atoms with Crippen molar-refractivity contribution in [1.29, 1.82) is 0 Å². The first-order chi connectivity index (χ1) is 19.0. The van der Waals surface area contributed by atoms with Gasteiger partial charge in [-0.05, 0) is 58.2 Å². The number of nitrogens with one attached hydrogen (secondary N) is 1. The number of urea groups is 1. The van der Waals surface area contributed by atoms with Crippen molar-refractivity contribution in [3.05, 3.63) is 28.8 Å². The van der Waals surface area contributed by atoms with Gasteiger partial charge in [-0.2, -0.15) is 0 Å². The molecule has 220 valence electrons. The van der Waals surface area contributed by atoms with E-state index < -0.39 is 11.6 Å². The monoisotopic (exact) mass is 577 g/mol. The number of hydrogen-bond donors (Lipinski definition) is 1. The second kappa shape index (κ2) is 13.2. The lowest BCUT2D eigenvalue weighted by Crippen LogP contribution is -2.50. The lowest BCUT2D eigenvalue weighted by Gasteiger charge is -2.35. The molecular weight excluding hydrogens is 538 g/mol. The second-order valence-electron chi connectivity index (χ2n) is 11.4. The van der Waals surface area contributed by atoms with Gasteiger partial charge in [0.25, 0.3) is 5.91 Å². The number of amides is 5. The zero-order chi connectivity index (χ0) is 28.9. The Balaban J connectivity index is 1.16. The van der Waals surface area contributed by atoms with Crippen LogP contribution in [-0.4, -0.2) is 109 Å². The molecular formula is C28H40ClN5O6. The van der Waals surface area contributed by atoms with E-state index in [1.54, 1.807) is 28.0 Å². The summed E-state index contributed by atoms with van der Waals surface area (Å²) >= 11 is 6.32. The standard InChI is InChI=1S/C28H40ClN5O6/c1-28(2,3)40-27(38)33-16-14-31(15-17-33)10-4-18-39-21-7-11-32(12-8-21)25(36)20-5-6-22(29)23(19-20)34-13-9-24(35)30-26(34)37/h5-6,19,21H,4,7-18H2,1-3H3,(H,30,35,37). The van der Waals surface area contributed by atoms with Crippen molar-refractivity contribution in [3.63, 3.8) is 0 Å². The minimum atomic E-state index is -0.538. The normalized spacial score (nSPS) is 19.6. The number of hydrogen-bond acceptors (Lipinski definition) is 7. The molecule has 3 saturated heterocycles. The van der Waals surface area contributed by atoms with Crippen molar-refractivity contribution in [1.82, 2.24) is 20.0 Å². The summed E-state index contributed by atoms with van der Waals surface area (Å²) in [6, 6.07) is 4.36. The van der Waals surface area contributed by atoms with Gasteiger partial charge in [0.1, 0.15) is 5.60 Å². The molecule has 1 aromatic carbocycles. The molecule has 3 aliphatic heterocycles. The summed E-state index contributed by atoms with van der Waals surface area (Å²) in [6.45, 7) is 11.6. The van der Waals surface area contributed by atoms with Crippen molar-refractivity contribution < 1.29 is 28.7 Å². The number of rotatable bonds is 7. The van der Waals surface area contributed by atoms with Gasteiger partial charge in [0.2, 0.25) is 5.91 Å². The Morgan fingerprint density at radius 1 is 1.00 bits per heavy atom. The number of halogens is 1. The van der Waals surface area contributed by atoms with Crippen molar-refractivity contribution in [3.8, 4) is 0 Å². The number of carbonyl (C=O) groups excluding carboxylic acids is 4. The minimum absolute atomic E-state index is 0.114. The fourth-order valence-electron chi connectivity index (χ4n) is 5.07. The Morgan fingerprint density at radius 2 is 1.70 bits per heavy atom. The molecule has 0 unspecified atom stereocenters. The molecule has 3 fully saturated rings. The number of anilines is 1. The molecule has 40 heavy (non-hydrogen) atoms. The lowest BCUT2D eigenvalue weighted by atomic mass is 10.1. The first-order valence-electron chi connectivity index (χ1n) is 14.0. The summed E-state index contributed by atoms with van der Waals surface area (Å²) in [5, 5.41) is 2.63. The fraction of sp³-hybridized carbons (Fsp3) is 0.643. The Hall–Kier alpha value is -2.89. The zero-order valence-electron chi connectivity index (χ0n) is 23.6. The summed E-state index contributed by atoms with van der Waals surface area (Å²) in [5.74, 6) is -0.441. The van der Waals surface area contributed by atoms with Gasteiger partial charge < -0.3 is 19.3 Å². The van der Waals surface area contributed by atoms with Crippen LogP contribution in [0.15, 0.2) is 18.2 Å². The largest absolute Gasteiger partial charge is 0.444 e. The third kappa shape index (κ3) is 8.08. The highest BCUT2D eigenvalue weighted by Crippen LogP contribution is 2.29. The van der Waals surface area contributed by atoms with E-state index in [0.29, 0.717) is 49.1 Å². The molecule has 1 N–H and O–H groups in total. The van der Waals surface area contributed by atoms with Gasteiger partial charge in [-0.3, -0.25) is 24.7 Å². The molecule has 0 bridgehead atoms. The Bertz CT molecular complexity index is 1090. The van der Waals surface area contributed by atoms with E-state index in [2.05, 4.69) is 10.2 Å². The first kappa shape index (κ1) is 30.1. The van der Waals surface area contributed by atoms with E-state index in [0.717, 1.165) is 38.9 Å². The van der Waals surface area contributed by atoms with Crippen LogP contribution in [0.5, 0.6) is 0 Å². The van der Waals surface area contributed by atoms with E-state index in [9.17, 15) is 19.2 Å². The van der Waals surface area contributed by atoms with Crippen LogP contribution in [0.2, 0.25) is 5.02 Å². The van der Waals surface area contributed by atoms with E-state index in [4.69, 9.17) is 21.1 Å². The SMILES string of the molecule is CC(C)(C)OC(=O)N1CCN(CCCOC2CCN(C(=O)c3ccc(Cl)c(N4CCC(=O)NC4=O)c3)CC2)CC1. The Kier molecular flexibility index (Phi) is 9.91. The topological polar surface area (TPSA) is 112 Å². The van der Waals surface area contributed by atoms with Crippen molar-refractivity contribution in [2.24, 2.45) is 0 Å². The average Bonchev–Trinajstić information content (AvgIpc) is 2.91. The van der Waals surface area contributed by atoms with Crippen LogP contribution in [0.25, 0.3) is 0 Å². The number of nitrogens with zero attached hydrogens (tertiary/aromatic N) is 4. The number of piperazine rings is 1. The molecule has 5 amide bonds. The Morgan fingerprint density at radius 3 is 2.35 bits per heavy atom. The van der Waals surface area contributed by atoms with Crippen LogP contribution in [0, 0.1) is 0 Å². The molecule has 0 atom stereocenters. The highest BCUT2D eigenvalue weighted by molar-refractivity contribution is 6.34. The third-order valence-corrected chi connectivity index (χ3v) is 7.58. The molecule has 12 heteroatoms. The predicted molar refractivity (Wildman–Crippen MR) is 151 cm³/mol. The van der Waals surface area contributed by atoms with Crippen molar-refractivity contribution in [2.75, 3.05) is 63.9 Å². The number of ether oxygens (including phenoxy) is 2. The third-order valence-electron chi connectivity index (χ3n) is 7.26. The molecule has 0 saturated carbocycles. The van der Waals surface area contributed by atoms with Gasteiger partial charge in [-0.15, -0.1) is 0 Å². The van der Waals surface area contributed by atoms with Gasteiger partial charge in [0, 0.05) is 70.9 Å². The summed E-state index contributed by atoms with van der Waals surface area (Å²) in [7, 11) is 0.